The fourth-order valence-electron chi connectivity index (χ4n) is 4.06. The Kier molecular flexibility index (Phi) is 5.47. The van der Waals surface area contributed by atoms with Crippen molar-refractivity contribution in [3.8, 4) is 5.75 Å². The first kappa shape index (κ1) is 19.4. The van der Waals surface area contributed by atoms with E-state index in [0.29, 0.717) is 11.3 Å². The third-order valence-electron chi connectivity index (χ3n) is 5.71. The minimum absolute atomic E-state index is 0.119. The van der Waals surface area contributed by atoms with Gasteiger partial charge in [0.1, 0.15) is 0 Å². The summed E-state index contributed by atoms with van der Waals surface area (Å²) in [5.41, 5.74) is 2.91. The van der Waals surface area contributed by atoms with Crippen LogP contribution in [0.15, 0.2) is 52.9 Å². The Morgan fingerprint density at radius 1 is 1.24 bits per heavy atom. The number of hydrogen-bond donors (Lipinski definition) is 1. The second-order valence-electron chi connectivity index (χ2n) is 7.97. The van der Waals surface area contributed by atoms with E-state index in [1.807, 2.05) is 25.1 Å². The lowest BCUT2D eigenvalue weighted by Crippen LogP contribution is -2.34. The summed E-state index contributed by atoms with van der Waals surface area (Å²) in [6, 6.07) is 15.7. The maximum absolute atomic E-state index is 12.7. The van der Waals surface area contributed by atoms with Crippen molar-refractivity contribution in [2.24, 2.45) is 5.92 Å². The van der Waals surface area contributed by atoms with E-state index in [4.69, 9.17) is 9.15 Å². The van der Waals surface area contributed by atoms with Gasteiger partial charge in [-0.15, -0.1) is 0 Å². The van der Waals surface area contributed by atoms with Crippen molar-refractivity contribution in [2.45, 2.75) is 32.7 Å². The van der Waals surface area contributed by atoms with Gasteiger partial charge in [0.05, 0.1) is 13.2 Å². The molecule has 1 amide bonds. The number of benzene rings is 2. The van der Waals surface area contributed by atoms with E-state index >= 15 is 0 Å². The van der Waals surface area contributed by atoms with Gasteiger partial charge in [0.25, 0.3) is 5.91 Å². The van der Waals surface area contributed by atoms with Crippen LogP contribution in [0.25, 0.3) is 11.0 Å². The lowest BCUT2D eigenvalue weighted by atomic mass is 9.99. The van der Waals surface area contributed by atoms with Gasteiger partial charge in [-0.1, -0.05) is 31.2 Å². The van der Waals surface area contributed by atoms with E-state index in [1.165, 1.54) is 18.5 Å². The molecule has 0 aliphatic carbocycles. The van der Waals surface area contributed by atoms with E-state index in [2.05, 4.69) is 41.4 Å². The number of nitrogens with zero attached hydrogens (tertiary/aromatic N) is 1. The molecule has 1 aliphatic rings. The Balaban J connectivity index is 1.45. The Labute approximate surface area is 171 Å². The number of carbonyl (C=O) groups is 1. The van der Waals surface area contributed by atoms with Crippen molar-refractivity contribution in [3.05, 3.63) is 59.9 Å². The van der Waals surface area contributed by atoms with Gasteiger partial charge in [-0.3, -0.25) is 4.79 Å². The molecule has 2 atom stereocenters. The molecule has 152 valence electrons. The Hall–Kier alpha value is -2.95. The molecular formula is C24H28N2O3. The molecule has 1 fully saturated rings. The summed E-state index contributed by atoms with van der Waals surface area (Å²) >= 11 is 0. The molecule has 0 unspecified atom stereocenters. The lowest BCUT2D eigenvalue weighted by molar-refractivity contribution is 0.0914. The third-order valence-corrected chi connectivity index (χ3v) is 5.71. The van der Waals surface area contributed by atoms with Crippen LogP contribution < -0.4 is 15.0 Å². The number of carbonyl (C=O) groups excluding carboxylic acids is 1. The molecule has 3 aromatic rings. The van der Waals surface area contributed by atoms with Gasteiger partial charge in [0, 0.05) is 24.2 Å². The molecule has 1 aliphatic heterocycles. The highest BCUT2D eigenvalue weighted by atomic mass is 16.5. The monoisotopic (exact) mass is 392 g/mol. The standard InChI is InChI=1S/C24H28N2O3/c1-16-6-5-13-26(15-16)20-11-9-18(10-12-20)17(2)25-24(27)22-14-19-7-4-8-21(28-3)23(19)29-22/h4,7-12,14,16-17H,5-6,13,15H2,1-3H3,(H,25,27)/t16-,17-/m1/s1. The molecule has 0 bridgehead atoms. The first-order valence-corrected chi connectivity index (χ1v) is 10.3. The number of furan rings is 1. The molecule has 1 N–H and O–H groups in total. The highest BCUT2D eigenvalue weighted by Crippen LogP contribution is 2.29. The van der Waals surface area contributed by atoms with Crippen molar-refractivity contribution >= 4 is 22.6 Å². The Morgan fingerprint density at radius 2 is 2.03 bits per heavy atom. The summed E-state index contributed by atoms with van der Waals surface area (Å²) in [6.07, 6.45) is 2.56. The van der Waals surface area contributed by atoms with Crippen LogP contribution in [0.1, 0.15) is 48.8 Å². The maximum atomic E-state index is 12.7. The zero-order chi connectivity index (χ0) is 20.4. The average Bonchev–Trinajstić information content (AvgIpc) is 3.18. The topological polar surface area (TPSA) is 54.7 Å². The summed E-state index contributed by atoms with van der Waals surface area (Å²) in [6.45, 7) is 6.53. The number of anilines is 1. The number of ether oxygens (including phenoxy) is 1. The molecule has 0 saturated carbocycles. The van der Waals surface area contributed by atoms with Crippen molar-refractivity contribution in [1.82, 2.24) is 5.32 Å². The van der Waals surface area contributed by atoms with Gasteiger partial charge in [0.15, 0.2) is 17.1 Å². The van der Waals surface area contributed by atoms with E-state index < -0.39 is 0 Å². The Morgan fingerprint density at radius 3 is 2.76 bits per heavy atom. The largest absolute Gasteiger partial charge is 0.493 e. The lowest BCUT2D eigenvalue weighted by Gasteiger charge is -2.33. The van der Waals surface area contributed by atoms with E-state index in [9.17, 15) is 4.79 Å². The summed E-state index contributed by atoms with van der Waals surface area (Å²) in [7, 11) is 1.59. The molecule has 0 spiro atoms. The van der Waals surface area contributed by atoms with Crippen LogP contribution in [0.3, 0.4) is 0 Å². The van der Waals surface area contributed by atoms with Gasteiger partial charge in [-0.25, -0.2) is 0 Å². The molecule has 0 radical (unpaired) electrons. The van der Waals surface area contributed by atoms with Crippen LogP contribution in [0.2, 0.25) is 0 Å². The van der Waals surface area contributed by atoms with Crippen molar-refractivity contribution in [3.63, 3.8) is 0 Å². The fourth-order valence-corrected chi connectivity index (χ4v) is 4.06. The van der Waals surface area contributed by atoms with Gasteiger partial charge in [0.2, 0.25) is 0 Å². The number of amides is 1. The summed E-state index contributed by atoms with van der Waals surface area (Å²) in [4.78, 5) is 15.1. The van der Waals surface area contributed by atoms with E-state index in [-0.39, 0.29) is 17.7 Å². The highest BCUT2D eigenvalue weighted by molar-refractivity contribution is 5.97. The first-order chi connectivity index (χ1) is 14.0. The van der Waals surface area contributed by atoms with Crippen LogP contribution in [0, 0.1) is 5.92 Å². The first-order valence-electron chi connectivity index (χ1n) is 10.3. The summed E-state index contributed by atoms with van der Waals surface area (Å²) < 4.78 is 11.1. The second-order valence-corrected chi connectivity index (χ2v) is 7.97. The molecular weight excluding hydrogens is 364 g/mol. The molecule has 1 saturated heterocycles. The number of piperidine rings is 1. The van der Waals surface area contributed by atoms with Gasteiger partial charge in [-0.05, 0) is 55.5 Å². The smallest absolute Gasteiger partial charge is 0.287 e. The molecule has 4 rings (SSSR count). The van der Waals surface area contributed by atoms with Gasteiger partial charge in [-0.2, -0.15) is 0 Å². The predicted molar refractivity (Wildman–Crippen MR) is 116 cm³/mol. The van der Waals surface area contributed by atoms with Gasteiger partial charge >= 0.3 is 0 Å². The zero-order valence-corrected chi connectivity index (χ0v) is 17.3. The minimum atomic E-state index is -0.232. The Bertz CT molecular complexity index is 993. The van der Waals surface area contributed by atoms with Crippen LogP contribution in [-0.4, -0.2) is 26.1 Å². The number of hydrogen-bond acceptors (Lipinski definition) is 4. The quantitative estimate of drug-likeness (QED) is 0.651. The normalized spacial score (nSPS) is 17.9. The van der Waals surface area contributed by atoms with Gasteiger partial charge < -0.3 is 19.4 Å². The van der Waals surface area contributed by atoms with Crippen LogP contribution in [-0.2, 0) is 0 Å². The van der Waals surface area contributed by atoms with Crippen LogP contribution >= 0.6 is 0 Å². The molecule has 5 nitrogen and oxygen atoms in total. The van der Waals surface area contributed by atoms with Crippen molar-refractivity contribution in [1.29, 1.82) is 0 Å². The number of methoxy groups -OCH3 is 1. The average molecular weight is 392 g/mol. The molecule has 2 heterocycles. The molecule has 29 heavy (non-hydrogen) atoms. The highest BCUT2D eigenvalue weighted by Gasteiger charge is 2.19. The van der Waals surface area contributed by atoms with E-state index in [0.717, 1.165) is 30.0 Å². The fraction of sp³-hybridized carbons (Fsp3) is 0.375. The summed E-state index contributed by atoms with van der Waals surface area (Å²) in [5.74, 6) is 1.42. The maximum Gasteiger partial charge on any atom is 0.287 e. The predicted octanol–water partition coefficient (Wildman–Crippen LogP) is 5.17. The number of para-hydroxylation sites is 1. The summed E-state index contributed by atoms with van der Waals surface area (Å²) in [5, 5.41) is 3.88. The van der Waals surface area contributed by atoms with Crippen LogP contribution in [0.4, 0.5) is 5.69 Å². The molecule has 2 aromatic carbocycles. The van der Waals surface area contributed by atoms with Crippen molar-refractivity contribution < 1.29 is 13.9 Å². The van der Waals surface area contributed by atoms with Crippen LogP contribution in [0.5, 0.6) is 5.75 Å². The number of rotatable bonds is 5. The minimum Gasteiger partial charge on any atom is -0.493 e. The number of nitrogens with one attached hydrogen (secondary N) is 1. The van der Waals surface area contributed by atoms with Crippen molar-refractivity contribution in [2.75, 3.05) is 25.1 Å². The SMILES string of the molecule is COc1cccc2cc(C(=O)N[C@H](C)c3ccc(N4CCC[C@@H](C)C4)cc3)oc12. The molecule has 1 aromatic heterocycles. The zero-order valence-electron chi connectivity index (χ0n) is 17.3. The number of fused-ring (bicyclic) bond motifs is 1. The molecule has 5 heteroatoms. The van der Waals surface area contributed by atoms with E-state index in [1.54, 1.807) is 13.2 Å². The third kappa shape index (κ3) is 4.09. The second kappa shape index (κ2) is 8.19.